The van der Waals surface area contributed by atoms with Crippen LogP contribution in [0.3, 0.4) is 0 Å². The molecule has 0 aromatic rings. The zero-order valence-electron chi connectivity index (χ0n) is 10.6. The summed E-state index contributed by atoms with van der Waals surface area (Å²) in [5.74, 6) is 1.68. The fraction of sp³-hybridized carbons (Fsp3) is 1.00. The minimum Gasteiger partial charge on any atom is -0.392 e. The standard InChI is InChI=1S/C14H27NO/c1-11-6-7-13(8-11)15-10-14(16)9-12-4-2-3-5-12/h11-16H,2-10H2,1H3. The van der Waals surface area contributed by atoms with Gasteiger partial charge in [-0.3, -0.25) is 0 Å². The molecule has 2 N–H and O–H groups in total. The SMILES string of the molecule is CC1CCC(NCC(O)CC2CCCC2)C1. The van der Waals surface area contributed by atoms with E-state index in [0.717, 1.165) is 24.8 Å². The lowest BCUT2D eigenvalue weighted by Crippen LogP contribution is -2.34. The largest absolute Gasteiger partial charge is 0.392 e. The Bertz CT molecular complexity index is 201. The summed E-state index contributed by atoms with van der Waals surface area (Å²) in [6.45, 7) is 3.14. The average Bonchev–Trinajstić information content (AvgIpc) is 2.87. The van der Waals surface area contributed by atoms with Crippen LogP contribution in [0.5, 0.6) is 0 Å². The molecule has 3 atom stereocenters. The fourth-order valence-electron chi connectivity index (χ4n) is 3.41. The van der Waals surface area contributed by atoms with Gasteiger partial charge in [-0.05, 0) is 37.5 Å². The first-order valence-electron chi connectivity index (χ1n) is 7.15. The van der Waals surface area contributed by atoms with Gasteiger partial charge in [-0.15, -0.1) is 0 Å². The molecular formula is C14H27NO. The molecule has 2 rings (SSSR count). The van der Waals surface area contributed by atoms with Crippen molar-refractivity contribution in [3.05, 3.63) is 0 Å². The van der Waals surface area contributed by atoms with Crippen molar-refractivity contribution in [3.63, 3.8) is 0 Å². The van der Waals surface area contributed by atoms with Gasteiger partial charge in [0.05, 0.1) is 6.10 Å². The molecule has 2 aliphatic carbocycles. The Kier molecular flexibility index (Phi) is 4.66. The highest BCUT2D eigenvalue weighted by atomic mass is 16.3. The van der Waals surface area contributed by atoms with Crippen molar-refractivity contribution in [1.29, 1.82) is 0 Å². The van der Waals surface area contributed by atoms with Gasteiger partial charge < -0.3 is 10.4 Å². The maximum atomic E-state index is 9.97. The number of hydrogen-bond donors (Lipinski definition) is 2. The molecule has 2 heteroatoms. The van der Waals surface area contributed by atoms with Crippen LogP contribution in [-0.2, 0) is 0 Å². The van der Waals surface area contributed by atoms with E-state index in [-0.39, 0.29) is 6.10 Å². The van der Waals surface area contributed by atoms with Crippen molar-refractivity contribution < 1.29 is 5.11 Å². The quantitative estimate of drug-likeness (QED) is 0.754. The van der Waals surface area contributed by atoms with E-state index in [1.165, 1.54) is 44.9 Å². The summed E-state index contributed by atoms with van der Waals surface area (Å²) < 4.78 is 0. The molecule has 16 heavy (non-hydrogen) atoms. The molecule has 0 radical (unpaired) electrons. The van der Waals surface area contributed by atoms with Crippen molar-refractivity contribution in [2.75, 3.05) is 6.54 Å². The fourth-order valence-corrected chi connectivity index (χ4v) is 3.41. The minimum atomic E-state index is -0.112. The first-order chi connectivity index (χ1) is 7.74. The molecule has 0 spiro atoms. The topological polar surface area (TPSA) is 32.3 Å². The summed E-state index contributed by atoms with van der Waals surface area (Å²) in [4.78, 5) is 0. The summed E-state index contributed by atoms with van der Waals surface area (Å²) in [6.07, 6.45) is 10.3. The molecule has 2 aliphatic rings. The maximum Gasteiger partial charge on any atom is 0.0667 e. The molecule has 0 aromatic heterocycles. The van der Waals surface area contributed by atoms with E-state index in [9.17, 15) is 5.11 Å². The summed E-state index contributed by atoms with van der Waals surface area (Å²) >= 11 is 0. The zero-order valence-corrected chi connectivity index (χ0v) is 10.6. The Morgan fingerprint density at radius 2 is 1.94 bits per heavy atom. The number of aliphatic hydroxyl groups is 1. The highest BCUT2D eigenvalue weighted by Gasteiger charge is 2.23. The zero-order chi connectivity index (χ0) is 11.4. The van der Waals surface area contributed by atoms with Gasteiger partial charge in [0.25, 0.3) is 0 Å². The van der Waals surface area contributed by atoms with Gasteiger partial charge in [-0.25, -0.2) is 0 Å². The van der Waals surface area contributed by atoms with Crippen molar-refractivity contribution >= 4 is 0 Å². The second-order valence-electron chi connectivity index (χ2n) is 6.06. The summed E-state index contributed by atoms with van der Waals surface area (Å²) in [6, 6.07) is 0.674. The van der Waals surface area contributed by atoms with Crippen molar-refractivity contribution in [3.8, 4) is 0 Å². The van der Waals surface area contributed by atoms with Gasteiger partial charge in [0, 0.05) is 12.6 Å². The molecule has 0 saturated heterocycles. The number of hydrogen-bond acceptors (Lipinski definition) is 2. The van der Waals surface area contributed by atoms with Crippen LogP contribution in [0.1, 0.15) is 58.3 Å². The van der Waals surface area contributed by atoms with Crippen LogP contribution in [0.2, 0.25) is 0 Å². The van der Waals surface area contributed by atoms with E-state index in [2.05, 4.69) is 12.2 Å². The second-order valence-corrected chi connectivity index (χ2v) is 6.06. The van der Waals surface area contributed by atoms with Crippen molar-refractivity contribution in [1.82, 2.24) is 5.32 Å². The Hall–Kier alpha value is -0.0800. The molecule has 2 saturated carbocycles. The molecule has 0 aliphatic heterocycles. The maximum absolute atomic E-state index is 9.97. The van der Waals surface area contributed by atoms with E-state index < -0.39 is 0 Å². The highest BCUT2D eigenvalue weighted by molar-refractivity contribution is 4.80. The lowest BCUT2D eigenvalue weighted by atomic mass is 10.00. The lowest BCUT2D eigenvalue weighted by molar-refractivity contribution is 0.137. The number of aliphatic hydroxyl groups excluding tert-OH is 1. The molecule has 0 heterocycles. The van der Waals surface area contributed by atoms with Crippen LogP contribution in [0.4, 0.5) is 0 Å². The van der Waals surface area contributed by atoms with E-state index in [0.29, 0.717) is 6.04 Å². The molecule has 0 bridgehead atoms. The minimum absolute atomic E-state index is 0.112. The molecular weight excluding hydrogens is 198 g/mol. The smallest absolute Gasteiger partial charge is 0.0667 e. The monoisotopic (exact) mass is 225 g/mol. The van der Waals surface area contributed by atoms with Gasteiger partial charge in [0.15, 0.2) is 0 Å². The molecule has 0 amide bonds. The predicted octanol–water partition coefficient (Wildman–Crippen LogP) is 2.71. The Morgan fingerprint density at radius 3 is 2.56 bits per heavy atom. The molecule has 0 aromatic carbocycles. The third-order valence-corrected chi connectivity index (χ3v) is 4.42. The van der Waals surface area contributed by atoms with E-state index in [4.69, 9.17) is 0 Å². The van der Waals surface area contributed by atoms with Crippen LogP contribution in [-0.4, -0.2) is 23.8 Å². The van der Waals surface area contributed by atoms with Crippen LogP contribution in [0.25, 0.3) is 0 Å². The Morgan fingerprint density at radius 1 is 1.19 bits per heavy atom. The van der Waals surface area contributed by atoms with E-state index in [1.807, 2.05) is 0 Å². The van der Waals surface area contributed by atoms with Crippen LogP contribution < -0.4 is 5.32 Å². The third-order valence-electron chi connectivity index (χ3n) is 4.42. The first-order valence-corrected chi connectivity index (χ1v) is 7.15. The summed E-state index contributed by atoms with van der Waals surface area (Å²) in [7, 11) is 0. The second kappa shape index (κ2) is 6.02. The highest BCUT2D eigenvalue weighted by Crippen LogP contribution is 2.29. The van der Waals surface area contributed by atoms with Crippen LogP contribution in [0.15, 0.2) is 0 Å². The number of nitrogens with one attached hydrogen (secondary N) is 1. The van der Waals surface area contributed by atoms with Crippen LogP contribution in [0, 0.1) is 11.8 Å². The molecule has 94 valence electrons. The molecule has 3 unspecified atom stereocenters. The van der Waals surface area contributed by atoms with Gasteiger partial charge in [0.2, 0.25) is 0 Å². The van der Waals surface area contributed by atoms with Crippen LogP contribution >= 0.6 is 0 Å². The summed E-state index contributed by atoms with van der Waals surface area (Å²) in [5, 5.41) is 13.5. The van der Waals surface area contributed by atoms with Gasteiger partial charge >= 0.3 is 0 Å². The average molecular weight is 225 g/mol. The normalized spacial score (nSPS) is 33.4. The third kappa shape index (κ3) is 3.74. The van der Waals surface area contributed by atoms with Gasteiger partial charge in [0.1, 0.15) is 0 Å². The Balaban J connectivity index is 1.58. The number of rotatable bonds is 5. The Labute approximate surface area is 99.8 Å². The van der Waals surface area contributed by atoms with Gasteiger partial charge in [-0.2, -0.15) is 0 Å². The van der Waals surface area contributed by atoms with Crippen molar-refractivity contribution in [2.24, 2.45) is 11.8 Å². The lowest BCUT2D eigenvalue weighted by Gasteiger charge is -2.19. The summed E-state index contributed by atoms with van der Waals surface area (Å²) in [5.41, 5.74) is 0. The predicted molar refractivity (Wildman–Crippen MR) is 67.4 cm³/mol. The molecule has 2 nitrogen and oxygen atoms in total. The van der Waals surface area contributed by atoms with Gasteiger partial charge in [-0.1, -0.05) is 32.6 Å². The van der Waals surface area contributed by atoms with E-state index >= 15 is 0 Å². The molecule has 2 fully saturated rings. The first kappa shape index (κ1) is 12.4. The van der Waals surface area contributed by atoms with E-state index in [1.54, 1.807) is 0 Å². The van der Waals surface area contributed by atoms with Crippen molar-refractivity contribution in [2.45, 2.75) is 70.4 Å².